The van der Waals surface area contributed by atoms with Gasteiger partial charge < -0.3 is 15.4 Å². The number of para-hydroxylation sites is 1. The van der Waals surface area contributed by atoms with Crippen LogP contribution in [0.5, 0.6) is 5.75 Å². The molecule has 4 nitrogen and oxygen atoms in total. The molecule has 0 spiro atoms. The molecule has 0 fully saturated rings. The fraction of sp³-hybridized carbons (Fsp3) is 0.500. The van der Waals surface area contributed by atoms with Crippen molar-refractivity contribution in [2.75, 3.05) is 20.2 Å². The highest BCUT2D eigenvalue weighted by Crippen LogP contribution is 2.26. The highest BCUT2D eigenvalue weighted by atomic mass is 35.5. The molecule has 1 aromatic rings. The summed E-state index contributed by atoms with van der Waals surface area (Å²) in [6.45, 7) is 3.15. The third-order valence-electron chi connectivity index (χ3n) is 3.33. The second-order valence-electron chi connectivity index (χ2n) is 4.75. The molecule has 2 unspecified atom stereocenters. The quantitative estimate of drug-likeness (QED) is 0.878. The summed E-state index contributed by atoms with van der Waals surface area (Å²) in [5.74, 6) is 0.903. The summed E-state index contributed by atoms with van der Waals surface area (Å²) in [5.41, 5.74) is 1.12. The molecule has 2 N–H and O–H groups in total. The van der Waals surface area contributed by atoms with Gasteiger partial charge in [0.2, 0.25) is 5.91 Å². The van der Waals surface area contributed by atoms with Crippen molar-refractivity contribution in [2.24, 2.45) is 5.92 Å². The zero-order valence-corrected chi connectivity index (χ0v) is 12.1. The largest absolute Gasteiger partial charge is 0.492 e. The highest BCUT2D eigenvalue weighted by molar-refractivity contribution is 5.85. The Kier molecular flexibility index (Phi) is 6.12. The average Bonchev–Trinajstić information content (AvgIpc) is 2.43. The van der Waals surface area contributed by atoms with Gasteiger partial charge in [0.05, 0.1) is 5.92 Å². The highest BCUT2D eigenvalue weighted by Gasteiger charge is 2.25. The Labute approximate surface area is 120 Å². The molecule has 0 saturated carbocycles. The minimum Gasteiger partial charge on any atom is -0.492 e. The summed E-state index contributed by atoms with van der Waals surface area (Å²) < 4.78 is 5.61. The van der Waals surface area contributed by atoms with Crippen molar-refractivity contribution in [2.45, 2.75) is 19.4 Å². The fourth-order valence-corrected chi connectivity index (χ4v) is 2.00. The van der Waals surface area contributed by atoms with E-state index >= 15 is 0 Å². The van der Waals surface area contributed by atoms with Gasteiger partial charge in [0, 0.05) is 12.6 Å². The first-order valence-corrected chi connectivity index (χ1v) is 6.36. The maximum absolute atomic E-state index is 12.0. The molecule has 2 atom stereocenters. The first-order valence-electron chi connectivity index (χ1n) is 6.36. The lowest BCUT2D eigenvalue weighted by Gasteiger charge is -2.25. The minimum atomic E-state index is -0.0797. The van der Waals surface area contributed by atoms with Gasteiger partial charge in [-0.2, -0.15) is 0 Å². The van der Waals surface area contributed by atoms with Crippen LogP contribution in [0.2, 0.25) is 0 Å². The van der Waals surface area contributed by atoms with Crippen LogP contribution in [-0.2, 0) is 11.2 Å². The lowest BCUT2D eigenvalue weighted by molar-refractivity contribution is -0.126. The summed E-state index contributed by atoms with van der Waals surface area (Å²) in [4.78, 5) is 12.0. The van der Waals surface area contributed by atoms with E-state index < -0.39 is 0 Å². The standard InChI is InChI=1S/C14H20N2O2.ClH/c1-10(15-2)8-16-14(17)12-7-11-5-3-4-6-13(11)18-9-12;/h3-6,10,12,15H,7-9H2,1-2H3,(H,16,17);1H. The lowest BCUT2D eigenvalue weighted by Crippen LogP contribution is -2.42. The first-order chi connectivity index (χ1) is 8.70. The number of likely N-dealkylation sites (N-methyl/N-ethyl adjacent to an activating group) is 1. The van der Waals surface area contributed by atoms with E-state index in [-0.39, 0.29) is 30.3 Å². The van der Waals surface area contributed by atoms with Gasteiger partial charge in [-0.15, -0.1) is 12.4 Å². The molecule has 0 aliphatic carbocycles. The van der Waals surface area contributed by atoms with Crippen LogP contribution in [0.1, 0.15) is 12.5 Å². The van der Waals surface area contributed by atoms with Gasteiger partial charge in [0.15, 0.2) is 0 Å². The number of hydrogen-bond acceptors (Lipinski definition) is 3. The smallest absolute Gasteiger partial charge is 0.226 e. The molecule has 1 aliphatic rings. The van der Waals surface area contributed by atoms with Crippen LogP contribution in [0.25, 0.3) is 0 Å². The minimum absolute atomic E-state index is 0. The van der Waals surface area contributed by atoms with E-state index in [1.54, 1.807) is 0 Å². The molecule has 1 amide bonds. The first kappa shape index (κ1) is 15.8. The van der Waals surface area contributed by atoms with Gasteiger partial charge in [-0.05, 0) is 32.0 Å². The van der Waals surface area contributed by atoms with E-state index in [2.05, 4.69) is 10.6 Å². The summed E-state index contributed by atoms with van der Waals surface area (Å²) in [5, 5.41) is 6.05. The zero-order valence-electron chi connectivity index (χ0n) is 11.3. The SMILES string of the molecule is CNC(C)CNC(=O)C1COc2ccccc2C1.Cl. The van der Waals surface area contributed by atoms with Crippen molar-refractivity contribution in [3.63, 3.8) is 0 Å². The Morgan fingerprint density at radius 2 is 2.21 bits per heavy atom. The van der Waals surface area contributed by atoms with Crippen molar-refractivity contribution in [3.8, 4) is 5.75 Å². The average molecular weight is 285 g/mol. The Morgan fingerprint density at radius 1 is 1.47 bits per heavy atom. The molecule has 0 bridgehead atoms. The Balaban J connectivity index is 0.00000180. The lowest BCUT2D eigenvalue weighted by atomic mass is 9.96. The number of benzene rings is 1. The van der Waals surface area contributed by atoms with Crippen molar-refractivity contribution in [1.82, 2.24) is 10.6 Å². The van der Waals surface area contributed by atoms with E-state index in [4.69, 9.17) is 4.74 Å². The van der Waals surface area contributed by atoms with E-state index in [0.717, 1.165) is 17.7 Å². The molecule has 5 heteroatoms. The number of halogens is 1. The fourth-order valence-electron chi connectivity index (χ4n) is 2.00. The van der Waals surface area contributed by atoms with Crippen molar-refractivity contribution < 1.29 is 9.53 Å². The number of carbonyl (C=O) groups is 1. The monoisotopic (exact) mass is 284 g/mol. The summed E-state index contributed by atoms with van der Waals surface area (Å²) >= 11 is 0. The molecule has 106 valence electrons. The number of rotatable bonds is 4. The maximum atomic E-state index is 12.0. The van der Waals surface area contributed by atoms with Gasteiger partial charge in [-0.25, -0.2) is 0 Å². The van der Waals surface area contributed by atoms with Gasteiger partial charge in [0.1, 0.15) is 12.4 Å². The van der Waals surface area contributed by atoms with Crippen LogP contribution in [0.15, 0.2) is 24.3 Å². The predicted molar refractivity (Wildman–Crippen MR) is 77.9 cm³/mol. The number of amides is 1. The topological polar surface area (TPSA) is 50.4 Å². The number of ether oxygens (including phenoxy) is 1. The van der Waals surface area contributed by atoms with Crippen LogP contribution < -0.4 is 15.4 Å². The number of nitrogens with one attached hydrogen (secondary N) is 2. The van der Waals surface area contributed by atoms with Crippen molar-refractivity contribution >= 4 is 18.3 Å². The van der Waals surface area contributed by atoms with Gasteiger partial charge in [0.25, 0.3) is 0 Å². The van der Waals surface area contributed by atoms with Gasteiger partial charge in [-0.1, -0.05) is 18.2 Å². The third kappa shape index (κ3) is 4.11. The molecular formula is C14H21ClN2O2. The zero-order chi connectivity index (χ0) is 13.0. The Bertz CT molecular complexity index is 426. The molecule has 19 heavy (non-hydrogen) atoms. The van der Waals surface area contributed by atoms with Crippen LogP contribution >= 0.6 is 12.4 Å². The molecule has 1 heterocycles. The summed E-state index contributed by atoms with van der Waals surface area (Å²) in [6, 6.07) is 8.18. The second kappa shape index (κ2) is 7.36. The molecule has 1 aliphatic heterocycles. The van der Waals surface area contributed by atoms with Crippen LogP contribution in [0, 0.1) is 5.92 Å². The second-order valence-corrected chi connectivity index (χ2v) is 4.75. The molecule has 0 saturated heterocycles. The molecule has 0 aromatic heterocycles. The Hall–Kier alpha value is -1.26. The van der Waals surface area contributed by atoms with Gasteiger partial charge >= 0.3 is 0 Å². The normalized spacial score (nSPS) is 18.5. The van der Waals surface area contributed by atoms with E-state index in [0.29, 0.717) is 13.2 Å². The molecular weight excluding hydrogens is 264 g/mol. The van der Waals surface area contributed by atoms with Crippen LogP contribution in [0.4, 0.5) is 0 Å². The summed E-state index contributed by atoms with van der Waals surface area (Å²) in [6.07, 6.45) is 0.760. The van der Waals surface area contributed by atoms with Crippen molar-refractivity contribution in [1.29, 1.82) is 0 Å². The number of fused-ring (bicyclic) bond motifs is 1. The van der Waals surface area contributed by atoms with E-state index in [1.807, 2.05) is 38.2 Å². The molecule has 1 aromatic carbocycles. The number of hydrogen-bond donors (Lipinski definition) is 2. The Morgan fingerprint density at radius 3 is 2.95 bits per heavy atom. The summed E-state index contributed by atoms with van der Waals surface area (Å²) in [7, 11) is 1.89. The van der Waals surface area contributed by atoms with Crippen LogP contribution in [0.3, 0.4) is 0 Å². The van der Waals surface area contributed by atoms with E-state index in [1.165, 1.54) is 0 Å². The van der Waals surface area contributed by atoms with Gasteiger partial charge in [-0.3, -0.25) is 4.79 Å². The van der Waals surface area contributed by atoms with Crippen LogP contribution in [-0.4, -0.2) is 32.1 Å². The third-order valence-corrected chi connectivity index (χ3v) is 3.33. The molecule has 0 radical (unpaired) electrons. The van der Waals surface area contributed by atoms with E-state index in [9.17, 15) is 4.79 Å². The van der Waals surface area contributed by atoms with Crippen molar-refractivity contribution in [3.05, 3.63) is 29.8 Å². The number of carbonyl (C=O) groups excluding carboxylic acids is 1. The predicted octanol–water partition coefficient (Wildman–Crippen LogP) is 1.38. The molecule has 2 rings (SSSR count). The maximum Gasteiger partial charge on any atom is 0.226 e.